The van der Waals surface area contributed by atoms with Gasteiger partial charge in [-0.25, -0.2) is 4.79 Å². The van der Waals surface area contributed by atoms with Crippen molar-refractivity contribution >= 4 is 11.9 Å². The highest BCUT2D eigenvalue weighted by atomic mass is 19.4. The third kappa shape index (κ3) is 4.42. The topological polar surface area (TPSA) is 61.8 Å². The highest BCUT2D eigenvalue weighted by molar-refractivity contribution is 5.88. The van der Waals surface area contributed by atoms with Crippen molar-refractivity contribution in [2.75, 3.05) is 19.8 Å². The second-order valence-corrected chi connectivity index (χ2v) is 8.41. The number of halogens is 3. The second kappa shape index (κ2) is 7.54. The molecular weight excluding hydrogens is 377 g/mol. The van der Waals surface area contributed by atoms with Gasteiger partial charge in [0, 0.05) is 6.42 Å². The molecule has 0 aromatic heterocycles. The molecule has 2 atom stereocenters. The minimum Gasteiger partial charge on any atom is -0.456 e. The molecule has 4 rings (SSSR count). The van der Waals surface area contributed by atoms with Crippen molar-refractivity contribution in [3.63, 3.8) is 0 Å². The van der Waals surface area contributed by atoms with Gasteiger partial charge in [-0.15, -0.1) is 6.58 Å². The van der Waals surface area contributed by atoms with Gasteiger partial charge in [-0.3, -0.25) is 4.79 Å². The molecule has 0 spiro atoms. The Kier molecular flexibility index (Phi) is 5.62. The molecule has 8 heteroatoms. The summed E-state index contributed by atoms with van der Waals surface area (Å²) in [6.07, 6.45) is 0.299. The summed E-state index contributed by atoms with van der Waals surface area (Å²) in [5, 5.41) is 0. The van der Waals surface area contributed by atoms with Crippen LogP contribution in [0.25, 0.3) is 0 Å². The molecule has 5 nitrogen and oxygen atoms in total. The molecule has 0 aromatic rings. The molecule has 0 heterocycles. The Morgan fingerprint density at radius 3 is 2.36 bits per heavy atom. The van der Waals surface area contributed by atoms with Crippen molar-refractivity contribution < 1.29 is 37.0 Å². The molecule has 4 fully saturated rings. The SMILES string of the molecule is C=CCOCC(=C)C(=O)OC12CC3CC(C1)CC(C(=O)OCC(F)(F)F)(C3)C2. The van der Waals surface area contributed by atoms with Crippen LogP contribution in [0.2, 0.25) is 0 Å². The molecule has 156 valence electrons. The summed E-state index contributed by atoms with van der Waals surface area (Å²) < 4.78 is 53.0. The first-order valence-electron chi connectivity index (χ1n) is 9.40. The van der Waals surface area contributed by atoms with E-state index in [-0.39, 0.29) is 37.0 Å². The summed E-state index contributed by atoms with van der Waals surface area (Å²) >= 11 is 0. The monoisotopic (exact) mass is 402 g/mol. The van der Waals surface area contributed by atoms with Gasteiger partial charge in [-0.05, 0) is 43.9 Å². The molecule has 4 bridgehead atoms. The maximum atomic E-state index is 12.6. The fourth-order valence-electron chi connectivity index (χ4n) is 5.43. The lowest BCUT2D eigenvalue weighted by molar-refractivity contribution is -0.221. The number of hydrogen-bond acceptors (Lipinski definition) is 5. The first-order chi connectivity index (χ1) is 13.1. The molecule has 4 saturated carbocycles. The van der Waals surface area contributed by atoms with E-state index in [0.717, 1.165) is 6.42 Å². The predicted octanol–water partition coefficient (Wildman–Crippen LogP) is 3.73. The van der Waals surface area contributed by atoms with Crippen LogP contribution in [-0.4, -0.2) is 43.5 Å². The third-order valence-corrected chi connectivity index (χ3v) is 5.92. The zero-order valence-corrected chi connectivity index (χ0v) is 15.7. The van der Waals surface area contributed by atoms with E-state index in [1.807, 2.05) is 0 Å². The van der Waals surface area contributed by atoms with Crippen LogP contribution in [0.15, 0.2) is 24.8 Å². The van der Waals surface area contributed by atoms with E-state index >= 15 is 0 Å². The van der Waals surface area contributed by atoms with Crippen molar-refractivity contribution in [1.29, 1.82) is 0 Å². The van der Waals surface area contributed by atoms with Gasteiger partial charge in [-0.2, -0.15) is 13.2 Å². The van der Waals surface area contributed by atoms with Gasteiger partial charge in [-0.1, -0.05) is 12.7 Å². The Morgan fingerprint density at radius 1 is 1.14 bits per heavy atom. The lowest BCUT2D eigenvalue weighted by atomic mass is 9.48. The molecule has 0 saturated heterocycles. The molecule has 0 N–H and O–H groups in total. The van der Waals surface area contributed by atoms with Gasteiger partial charge in [0.05, 0.1) is 24.2 Å². The van der Waals surface area contributed by atoms with Gasteiger partial charge >= 0.3 is 18.1 Å². The number of rotatable bonds is 8. The predicted molar refractivity (Wildman–Crippen MR) is 93.1 cm³/mol. The second-order valence-electron chi connectivity index (χ2n) is 8.41. The Hall–Kier alpha value is -1.83. The maximum absolute atomic E-state index is 12.6. The highest BCUT2D eigenvalue weighted by Gasteiger charge is 2.63. The number of esters is 2. The Balaban J connectivity index is 1.69. The van der Waals surface area contributed by atoms with Crippen molar-refractivity contribution in [2.45, 2.75) is 50.3 Å². The average molecular weight is 402 g/mol. The molecule has 4 aliphatic rings. The summed E-state index contributed by atoms with van der Waals surface area (Å²) in [6, 6.07) is 0. The Labute approximate surface area is 161 Å². The Morgan fingerprint density at radius 2 is 1.79 bits per heavy atom. The molecule has 28 heavy (non-hydrogen) atoms. The van der Waals surface area contributed by atoms with Crippen molar-refractivity contribution in [3.8, 4) is 0 Å². The van der Waals surface area contributed by atoms with E-state index in [0.29, 0.717) is 25.7 Å². The molecule has 0 amide bonds. The van der Waals surface area contributed by atoms with Gasteiger partial charge in [0.1, 0.15) is 5.60 Å². The average Bonchev–Trinajstić information content (AvgIpc) is 2.57. The molecule has 0 aromatic carbocycles. The summed E-state index contributed by atoms with van der Waals surface area (Å²) in [4.78, 5) is 25.0. The van der Waals surface area contributed by atoms with E-state index in [9.17, 15) is 22.8 Å². The van der Waals surface area contributed by atoms with E-state index in [1.165, 1.54) is 0 Å². The maximum Gasteiger partial charge on any atom is 0.422 e. The quantitative estimate of drug-likeness (QED) is 0.268. The number of hydrogen-bond donors (Lipinski definition) is 0. The lowest BCUT2D eigenvalue weighted by Crippen LogP contribution is -2.60. The number of carbonyl (C=O) groups excluding carboxylic acids is 2. The van der Waals surface area contributed by atoms with Crippen molar-refractivity contribution in [1.82, 2.24) is 0 Å². The van der Waals surface area contributed by atoms with E-state index in [2.05, 4.69) is 17.9 Å². The summed E-state index contributed by atoms with van der Waals surface area (Å²) in [5.74, 6) is -1.15. The number of carbonyl (C=O) groups is 2. The lowest BCUT2D eigenvalue weighted by Gasteiger charge is -2.59. The van der Waals surface area contributed by atoms with Crippen LogP contribution in [0.4, 0.5) is 13.2 Å². The third-order valence-electron chi connectivity index (χ3n) is 5.92. The number of ether oxygens (including phenoxy) is 3. The van der Waals surface area contributed by atoms with Crippen LogP contribution in [0.5, 0.6) is 0 Å². The molecular formula is C20H25F3O5. The minimum atomic E-state index is -4.56. The first kappa shape index (κ1) is 20.9. The fourth-order valence-corrected chi connectivity index (χ4v) is 5.43. The first-order valence-corrected chi connectivity index (χ1v) is 9.40. The summed E-state index contributed by atoms with van der Waals surface area (Å²) in [5.41, 5.74) is -1.69. The molecule has 2 unspecified atom stereocenters. The normalized spacial score (nSPS) is 33.4. The largest absolute Gasteiger partial charge is 0.456 e. The van der Waals surface area contributed by atoms with Gasteiger partial charge in [0.15, 0.2) is 6.61 Å². The number of alkyl halides is 3. The smallest absolute Gasteiger partial charge is 0.422 e. The van der Waals surface area contributed by atoms with Crippen molar-refractivity contribution in [2.24, 2.45) is 17.3 Å². The molecule has 4 aliphatic carbocycles. The molecule has 0 radical (unpaired) electrons. The van der Waals surface area contributed by atoms with Crippen LogP contribution in [0.1, 0.15) is 38.5 Å². The van der Waals surface area contributed by atoms with Gasteiger partial charge < -0.3 is 14.2 Å². The standard InChI is InChI=1S/C20H25F3O5/c1-3-4-26-10-13(2)16(24)28-19-8-14-5-15(9-19)7-18(6-14,11-19)17(25)27-12-20(21,22)23/h3,14-15H,1-2,4-12H2. The highest BCUT2D eigenvalue weighted by Crippen LogP contribution is 2.63. The van der Waals surface area contributed by atoms with Crippen LogP contribution in [0.3, 0.4) is 0 Å². The summed E-state index contributed by atoms with van der Waals surface area (Å²) in [7, 11) is 0. The van der Waals surface area contributed by atoms with Crippen LogP contribution >= 0.6 is 0 Å². The fraction of sp³-hybridized carbons (Fsp3) is 0.700. The van der Waals surface area contributed by atoms with Crippen LogP contribution in [0, 0.1) is 17.3 Å². The zero-order chi connectivity index (χ0) is 20.6. The Bertz CT molecular complexity index is 655. The van der Waals surface area contributed by atoms with Crippen LogP contribution in [-0.2, 0) is 23.8 Å². The van der Waals surface area contributed by atoms with E-state index in [1.54, 1.807) is 6.08 Å². The molecule has 0 aliphatic heterocycles. The van der Waals surface area contributed by atoms with E-state index in [4.69, 9.17) is 9.47 Å². The van der Waals surface area contributed by atoms with Crippen molar-refractivity contribution in [3.05, 3.63) is 24.8 Å². The van der Waals surface area contributed by atoms with E-state index < -0.39 is 35.7 Å². The van der Waals surface area contributed by atoms with Gasteiger partial charge in [0.2, 0.25) is 0 Å². The zero-order valence-electron chi connectivity index (χ0n) is 15.7. The summed E-state index contributed by atoms with van der Waals surface area (Å²) in [6.45, 7) is 5.89. The van der Waals surface area contributed by atoms with Crippen LogP contribution < -0.4 is 0 Å². The minimum absolute atomic E-state index is 0.00651. The van der Waals surface area contributed by atoms with Gasteiger partial charge in [0.25, 0.3) is 0 Å².